The fraction of sp³-hybridized carbons (Fsp3) is 0.179. The molecule has 1 amide bonds. The summed E-state index contributed by atoms with van der Waals surface area (Å²) < 4.78 is 2.04. The molecular weight excluding hydrogens is 525 g/mol. The molecule has 2 atom stereocenters. The lowest BCUT2D eigenvalue weighted by molar-refractivity contribution is -0.116. The fourth-order valence-corrected chi connectivity index (χ4v) is 5.48. The molecular formula is C28H25Cl2N5OS. The number of para-hydroxylation sites is 1. The lowest BCUT2D eigenvalue weighted by atomic mass is 10.0. The molecule has 5 rings (SSSR count). The molecule has 1 fully saturated rings. The number of aryl methyl sites for hydroxylation is 1. The van der Waals surface area contributed by atoms with Crippen LogP contribution >= 0.6 is 35.4 Å². The second kappa shape index (κ2) is 10.9. The summed E-state index contributed by atoms with van der Waals surface area (Å²) in [5.74, 6) is -0.0757. The lowest BCUT2D eigenvalue weighted by Gasteiger charge is -2.29. The van der Waals surface area contributed by atoms with Gasteiger partial charge in [-0.2, -0.15) is 0 Å². The molecule has 37 heavy (non-hydrogen) atoms. The highest BCUT2D eigenvalue weighted by Crippen LogP contribution is 2.40. The summed E-state index contributed by atoms with van der Waals surface area (Å²) in [6.45, 7) is 2.40. The maximum Gasteiger partial charge on any atom is 0.226 e. The highest BCUT2D eigenvalue weighted by atomic mass is 35.5. The summed E-state index contributed by atoms with van der Waals surface area (Å²) in [7, 11) is 0. The largest absolute Gasteiger partial charge is 0.352 e. The van der Waals surface area contributed by atoms with Crippen molar-refractivity contribution in [1.29, 1.82) is 0 Å². The van der Waals surface area contributed by atoms with Crippen molar-refractivity contribution in [2.45, 2.75) is 25.4 Å². The van der Waals surface area contributed by atoms with Crippen LogP contribution in [0.25, 0.3) is 5.69 Å². The monoisotopic (exact) mass is 549 g/mol. The zero-order valence-corrected chi connectivity index (χ0v) is 22.4. The van der Waals surface area contributed by atoms with E-state index in [9.17, 15) is 4.79 Å². The van der Waals surface area contributed by atoms with Gasteiger partial charge < -0.3 is 20.1 Å². The molecule has 0 spiro atoms. The number of nitrogens with zero attached hydrogens (tertiary/aromatic N) is 3. The summed E-state index contributed by atoms with van der Waals surface area (Å²) in [5, 5.41) is 8.13. The first-order chi connectivity index (χ1) is 17.9. The summed E-state index contributed by atoms with van der Waals surface area (Å²) in [6.07, 6.45) is 4.00. The molecule has 1 aliphatic rings. The van der Waals surface area contributed by atoms with Crippen LogP contribution in [0.4, 0.5) is 5.69 Å². The van der Waals surface area contributed by atoms with Gasteiger partial charge in [0.05, 0.1) is 28.5 Å². The zero-order chi connectivity index (χ0) is 25.9. The third kappa shape index (κ3) is 5.34. The highest BCUT2D eigenvalue weighted by Gasteiger charge is 2.41. The molecule has 2 aromatic heterocycles. The van der Waals surface area contributed by atoms with Crippen LogP contribution in [0.5, 0.6) is 0 Å². The van der Waals surface area contributed by atoms with Crippen LogP contribution in [0, 0.1) is 6.92 Å². The van der Waals surface area contributed by atoms with Gasteiger partial charge in [0, 0.05) is 41.8 Å². The number of rotatable bonds is 7. The highest BCUT2D eigenvalue weighted by molar-refractivity contribution is 7.80. The summed E-state index contributed by atoms with van der Waals surface area (Å²) in [5.41, 5.74) is 4.45. The normalized spacial score (nSPS) is 17.1. The first-order valence-corrected chi connectivity index (χ1v) is 13.0. The van der Waals surface area contributed by atoms with Crippen molar-refractivity contribution < 1.29 is 4.79 Å². The first kappa shape index (κ1) is 25.3. The number of nitrogens with one attached hydrogen (secondary N) is 2. The van der Waals surface area contributed by atoms with E-state index in [4.69, 9.17) is 35.4 Å². The van der Waals surface area contributed by atoms with Crippen molar-refractivity contribution in [3.63, 3.8) is 0 Å². The van der Waals surface area contributed by atoms with Gasteiger partial charge in [0.2, 0.25) is 5.91 Å². The van der Waals surface area contributed by atoms with E-state index in [1.54, 1.807) is 12.3 Å². The van der Waals surface area contributed by atoms with Crippen LogP contribution in [0.3, 0.4) is 0 Å². The fourth-order valence-electron chi connectivity index (χ4n) is 4.65. The molecule has 0 unspecified atom stereocenters. The Morgan fingerprint density at radius 1 is 1.08 bits per heavy atom. The molecule has 0 aliphatic carbocycles. The van der Waals surface area contributed by atoms with E-state index in [0.717, 1.165) is 28.3 Å². The average Bonchev–Trinajstić information content (AvgIpc) is 3.48. The SMILES string of the molecule is Cc1ccccc1NC(=O)CCN1C(=S)N[C@@H](c2ccccn2)[C@H]1c1cccn1-c1ccc(Cl)cc1Cl. The van der Waals surface area contributed by atoms with Gasteiger partial charge in [-0.25, -0.2) is 0 Å². The minimum absolute atomic E-state index is 0.0757. The summed E-state index contributed by atoms with van der Waals surface area (Å²) >= 11 is 18.5. The van der Waals surface area contributed by atoms with E-state index in [2.05, 4.69) is 20.5 Å². The van der Waals surface area contributed by atoms with Gasteiger partial charge >= 0.3 is 0 Å². The van der Waals surface area contributed by atoms with E-state index in [-0.39, 0.29) is 24.4 Å². The Hall–Kier alpha value is -3.39. The third-order valence-corrected chi connectivity index (χ3v) is 7.34. The molecule has 0 bridgehead atoms. The molecule has 6 nitrogen and oxygen atoms in total. The Labute approximate surface area is 231 Å². The lowest BCUT2D eigenvalue weighted by Crippen LogP contribution is -2.33. The molecule has 9 heteroatoms. The molecule has 188 valence electrons. The Kier molecular flexibility index (Phi) is 7.46. The number of hydrogen-bond donors (Lipinski definition) is 2. The van der Waals surface area contributed by atoms with Crippen molar-refractivity contribution in [1.82, 2.24) is 19.8 Å². The van der Waals surface area contributed by atoms with Crippen molar-refractivity contribution in [2.24, 2.45) is 0 Å². The molecule has 1 saturated heterocycles. The predicted octanol–water partition coefficient (Wildman–Crippen LogP) is 6.49. The van der Waals surface area contributed by atoms with Gasteiger partial charge in [-0.1, -0.05) is 47.5 Å². The van der Waals surface area contributed by atoms with E-state index < -0.39 is 0 Å². The van der Waals surface area contributed by atoms with Crippen molar-refractivity contribution >= 4 is 52.1 Å². The minimum atomic E-state index is -0.226. The molecule has 1 aliphatic heterocycles. The minimum Gasteiger partial charge on any atom is -0.352 e. The number of aromatic nitrogens is 2. The van der Waals surface area contributed by atoms with Crippen LogP contribution in [-0.2, 0) is 4.79 Å². The van der Waals surface area contributed by atoms with Crippen LogP contribution in [0.2, 0.25) is 10.0 Å². The number of thiocarbonyl (C=S) groups is 1. The van der Waals surface area contributed by atoms with Gasteiger partial charge in [0.25, 0.3) is 0 Å². The quantitative estimate of drug-likeness (QED) is 0.258. The Bertz CT molecular complexity index is 1440. The van der Waals surface area contributed by atoms with E-state index in [1.165, 1.54) is 0 Å². The topological polar surface area (TPSA) is 62.2 Å². The smallest absolute Gasteiger partial charge is 0.226 e. The van der Waals surface area contributed by atoms with Crippen LogP contribution in [0.15, 0.2) is 85.2 Å². The number of anilines is 1. The molecule has 0 saturated carbocycles. The van der Waals surface area contributed by atoms with Crippen molar-refractivity contribution in [3.8, 4) is 5.69 Å². The Balaban J connectivity index is 1.46. The van der Waals surface area contributed by atoms with Crippen LogP contribution in [-0.4, -0.2) is 32.0 Å². The van der Waals surface area contributed by atoms with E-state index in [1.807, 2.05) is 84.4 Å². The number of carbonyl (C=O) groups excluding carboxylic acids is 1. The maximum absolute atomic E-state index is 12.9. The van der Waals surface area contributed by atoms with Gasteiger partial charge in [-0.05, 0) is 73.2 Å². The Morgan fingerprint density at radius 3 is 2.65 bits per heavy atom. The average molecular weight is 551 g/mol. The van der Waals surface area contributed by atoms with E-state index in [0.29, 0.717) is 21.7 Å². The van der Waals surface area contributed by atoms with Gasteiger partial charge in [0.1, 0.15) is 0 Å². The van der Waals surface area contributed by atoms with Gasteiger partial charge in [0.15, 0.2) is 5.11 Å². The van der Waals surface area contributed by atoms with Gasteiger partial charge in [-0.15, -0.1) is 0 Å². The first-order valence-electron chi connectivity index (χ1n) is 11.9. The number of hydrogen-bond acceptors (Lipinski definition) is 3. The number of halogens is 2. The molecule has 4 aromatic rings. The molecule has 2 N–H and O–H groups in total. The van der Waals surface area contributed by atoms with Gasteiger partial charge in [-0.3, -0.25) is 9.78 Å². The number of benzene rings is 2. The van der Waals surface area contributed by atoms with Crippen molar-refractivity contribution in [3.05, 3.63) is 112 Å². The predicted molar refractivity (Wildman–Crippen MR) is 152 cm³/mol. The summed E-state index contributed by atoms with van der Waals surface area (Å²) in [6, 6.07) is 22.6. The summed E-state index contributed by atoms with van der Waals surface area (Å²) in [4.78, 5) is 19.5. The third-order valence-electron chi connectivity index (χ3n) is 6.45. The van der Waals surface area contributed by atoms with E-state index >= 15 is 0 Å². The van der Waals surface area contributed by atoms with Crippen LogP contribution in [0.1, 0.15) is 35.5 Å². The number of pyridine rings is 1. The van der Waals surface area contributed by atoms with Crippen molar-refractivity contribution in [2.75, 3.05) is 11.9 Å². The molecule has 0 radical (unpaired) electrons. The zero-order valence-electron chi connectivity index (χ0n) is 20.1. The second-order valence-corrected chi connectivity index (χ2v) is 10.1. The number of carbonyl (C=O) groups is 1. The standard InChI is InChI=1S/C28H25Cl2N5OS/c1-18-7-2-3-8-21(18)32-25(36)13-16-35-27(26(33-28(35)37)22-9-4-5-14-31-22)24-10-6-15-34(24)23-12-11-19(29)17-20(23)30/h2-12,14-15,17,26-27H,13,16H2,1H3,(H,32,36)(H,33,37)/t26-,27+/m0/s1. The molecule has 3 heterocycles. The number of amides is 1. The van der Waals surface area contributed by atoms with Crippen LogP contribution < -0.4 is 10.6 Å². The molecule has 2 aromatic carbocycles. The Morgan fingerprint density at radius 2 is 1.89 bits per heavy atom. The maximum atomic E-state index is 12.9. The second-order valence-electron chi connectivity index (χ2n) is 8.83.